The van der Waals surface area contributed by atoms with Gasteiger partial charge in [0.25, 0.3) is 5.91 Å². The second-order valence-electron chi connectivity index (χ2n) is 6.44. The number of anilines is 1. The van der Waals surface area contributed by atoms with Crippen LogP contribution in [0.2, 0.25) is 0 Å². The van der Waals surface area contributed by atoms with Crippen molar-refractivity contribution in [3.63, 3.8) is 0 Å². The number of carbonyl (C=O) groups excluding carboxylic acids is 1. The molecule has 0 saturated heterocycles. The minimum absolute atomic E-state index is 0.000650. The zero-order chi connectivity index (χ0) is 24.9. The number of alkyl halides is 3. The summed E-state index contributed by atoms with van der Waals surface area (Å²) in [5.41, 5.74) is 6.09. The van der Waals surface area contributed by atoms with Crippen molar-refractivity contribution in [2.75, 3.05) is 12.8 Å². The lowest BCUT2D eigenvalue weighted by atomic mass is 10.1. The van der Waals surface area contributed by atoms with E-state index in [4.69, 9.17) is 15.2 Å². The summed E-state index contributed by atoms with van der Waals surface area (Å²) >= 11 is 0. The topological polar surface area (TPSA) is 173 Å². The second kappa shape index (κ2) is 9.80. The highest BCUT2D eigenvalue weighted by Crippen LogP contribution is 2.40. The second-order valence-corrected chi connectivity index (χ2v) is 6.44. The molecule has 3 rings (SSSR count). The van der Waals surface area contributed by atoms with Crippen LogP contribution in [0, 0.1) is 10.1 Å². The van der Waals surface area contributed by atoms with Gasteiger partial charge in [0, 0.05) is 6.07 Å². The fourth-order valence-corrected chi connectivity index (χ4v) is 2.56. The summed E-state index contributed by atoms with van der Waals surface area (Å²) in [4.78, 5) is 22.1. The number of amides is 1. The number of carbonyl (C=O) groups is 1. The molecule has 0 aliphatic rings. The van der Waals surface area contributed by atoms with Crippen molar-refractivity contribution < 1.29 is 32.4 Å². The van der Waals surface area contributed by atoms with Crippen LogP contribution >= 0.6 is 0 Å². The van der Waals surface area contributed by atoms with Crippen molar-refractivity contribution >= 4 is 23.8 Å². The molecule has 16 heteroatoms. The lowest BCUT2D eigenvalue weighted by Crippen LogP contribution is -2.24. The van der Waals surface area contributed by atoms with Crippen LogP contribution in [0.1, 0.15) is 11.1 Å². The van der Waals surface area contributed by atoms with Crippen LogP contribution in [0.4, 0.5) is 24.8 Å². The molecule has 0 saturated carbocycles. The van der Waals surface area contributed by atoms with E-state index in [1.807, 2.05) is 0 Å². The van der Waals surface area contributed by atoms with Gasteiger partial charge in [-0.3, -0.25) is 14.9 Å². The molecule has 1 amide bonds. The third-order valence-corrected chi connectivity index (χ3v) is 4.15. The zero-order valence-corrected chi connectivity index (χ0v) is 17.2. The number of methoxy groups -OCH3 is 1. The predicted molar refractivity (Wildman–Crippen MR) is 109 cm³/mol. The number of rotatable bonds is 8. The number of benzene rings is 2. The summed E-state index contributed by atoms with van der Waals surface area (Å²) in [6, 6.07) is 6.17. The molecule has 0 aliphatic carbocycles. The largest absolute Gasteiger partial charge is 0.493 e. The first kappa shape index (κ1) is 23.9. The number of nitrogen functional groups attached to an aromatic ring is 1. The van der Waals surface area contributed by atoms with E-state index in [1.54, 1.807) is 0 Å². The Morgan fingerprint density at radius 2 is 2.00 bits per heavy atom. The third kappa shape index (κ3) is 5.72. The minimum atomic E-state index is -4.75. The Balaban J connectivity index is 1.74. The summed E-state index contributed by atoms with van der Waals surface area (Å²) in [6.45, 7) is -0.266. The van der Waals surface area contributed by atoms with Crippen molar-refractivity contribution in [3.05, 3.63) is 57.6 Å². The molecule has 1 heterocycles. The number of ether oxygens (including phenoxy) is 2. The molecule has 0 bridgehead atoms. The van der Waals surface area contributed by atoms with E-state index in [2.05, 4.69) is 26.1 Å². The van der Waals surface area contributed by atoms with Crippen molar-refractivity contribution in [3.8, 4) is 17.2 Å². The Hall–Kier alpha value is -4.76. The van der Waals surface area contributed by atoms with Crippen LogP contribution in [0.3, 0.4) is 0 Å². The van der Waals surface area contributed by atoms with Crippen molar-refractivity contribution in [2.45, 2.75) is 12.7 Å². The molecule has 0 spiro atoms. The van der Waals surface area contributed by atoms with Gasteiger partial charge in [0.15, 0.2) is 11.5 Å². The van der Waals surface area contributed by atoms with Crippen LogP contribution in [0.25, 0.3) is 0 Å². The van der Waals surface area contributed by atoms with Crippen molar-refractivity contribution in [1.29, 1.82) is 0 Å². The first-order chi connectivity index (χ1) is 16.1. The maximum Gasteiger partial charge on any atom is 0.416 e. The van der Waals surface area contributed by atoms with E-state index in [0.717, 1.165) is 10.7 Å². The average molecular weight is 480 g/mol. The Morgan fingerprint density at radius 1 is 1.26 bits per heavy atom. The van der Waals surface area contributed by atoms with Crippen LogP contribution < -0.4 is 20.6 Å². The number of halogens is 3. The molecule has 3 N–H and O–H groups in total. The highest BCUT2D eigenvalue weighted by Gasteiger charge is 2.33. The van der Waals surface area contributed by atoms with Gasteiger partial charge in [-0.15, -0.1) is 0 Å². The maximum atomic E-state index is 12.9. The number of nitro benzene ring substituents is 1. The van der Waals surface area contributed by atoms with E-state index in [0.29, 0.717) is 17.7 Å². The molecule has 178 valence electrons. The van der Waals surface area contributed by atoms with Crippen molar-refractivity contribution in [1.82, 2.24) is 25.6 Å². The zero-order valence-electron chi connectivity index (χ0n) is 17.2. The fraction of sp³-hybridized carbons (Fsp3) is 0.167. The Morgan fingerprint density at radius 3 is 2.62 bits per heavy atom. The van der Waals surface area contributed by atoms with Gasteiger partial charge in [-0.05, 0) is 46.3 Å². The normalized spacial score (nSPS) is 11.4. The number of nitrogens with one attached hydrogen (secondary N) is 1. The monoisotopic (exact) mass is 480 g/mol. The van der Waals surface area contributed by atoms with Crippen LogP contribution in [-0.4, -0.2) is 44.4 Å². The van der Waals surface area contributed by atoms with E-state index >= 15 is 0 Å². The molecule has 13 nitrogen and oxygen atoms in total. The maximum absolute atomic E-state index is 12.9. The van der Waals surface area contributed by atoms with Gasteiger partial charge in [-0.1, -0.05) is 5.10 Å². The summed E-state index contributed by atoms with van der Waals surface area (Å²) in [6.07, 6.45) is -3.48. The standard InChI is InChI=1S/C18H15F3N8O5/c1-33-15-6-10(8-23-24-16(30)9-28-17(22)25-26-27-28)2-4-14(15)34-13-5-3-11(18(19,20)21)7-12(13)29(31)32/h2-8H,9H2,1H3,(H,24,30)(H2,22,25,27). The fourth-order valence-electron chi connectivity index (χ4n) is 2.56. The minimum Gasteiger partial charge on any atom is -0.493 e. The number of nitrogens with two attached hydrogens (primary N) is 1. The molecule has 1 aromatic heterocycles. The molecule has 0 fully saturated rings. The molecular weight excluding hydrogens is 465 g/mol. The SMILES string of the molecule is COc1cc(C=NNC(=O)Cn2nnnc2N)ccc1Oc1ccc(C(F)(F)F)cc1[N+](=O)[O-]. The summed E-state index contributed by atoms with van der Waals surface area (Å²) in [5, 5.41) is 25.3. The van der Waals surface area contributed by atoms with Gasteiger partial charge in [0.2, 0.25) is 11.7 Å². The molecule has 34 heavy (non-hydrogen) atoms. The highest BCUT2D eigenvalue weighted by molar-refractivity contribution is 5.83. The molecular formula is C18H15F3N8O5. The van der Waals surface area contributed by atoms with Gasteiger partial charge in [0.1, 0.15) is 6.54 Å². The lowest BCUT2D eigenvalue weighted by molar-refractivity contribution is -0.385. The molecule has 0 radical (unpaired) electrons. The average Bonchev–Trinajstić information content (AvgIpc) is 3.18. The molecule has 0 unspecified atom stereocenters. The van der Waals surface area contributed by atoms with Crippen LogP contribution in [0.15, 0.2) is 41.5 Å². The number of nitro groups is 1. The van der Waals surface area contributed by atoms with E-state index < -0.39 is 34.0 Å². The number of hydrogen-bond acceptors (Lipinski definition) is 10. The third-order valence-electron chi connectivity index (χ3n) is 4.15. The quantitative estimate of drug-likeness (QED) is 0.278. The van der Waals surface area contributed by atoms with Gasteiger partial charge in [-0.25, -0.2) is 10.1 Å². The molecule has 3 aromatic rings. The van der Waals surface area contributed by atoms with Crippen LogP contribution in [0.5, 0.6) is 17.2 Å². The van der Waals surface area contributed by atoms with E-state index in [-0.39, 0.29) is 24.0 Å². The summed E-state index contributed by atoms with van der Waals surface area (Å²) < 4.78 is 50.3. The van der Waals surface area contributed by atoms with Gasteiger partial charge >= 0.3 is 11.9 Å². The number of tetrazole rings is 1. The molecule has 0 atom stereocenters. The number of hydrogen-bond donors (Lipinski definition) is 2. The first-order valence-electron chi connectivity index (χ1n) is 9.13. The number of nitrogens with zero attached hydrogens (tertiary/aromatic N) is 6. The van der Waals surface area contributed by atoms with Gasteiger partial charge in [-0.2, -0.15) is 18.3 Å². The summed E-state index contributed by atoms with van der Waals surface area (Å²) in [7, 11) is 1.29. The van der Waals surface area contributed by atoms with Crippen LogP contribution in [-0.2, 0) is 17.5 Å². The smallest absolute Gasteiger partial charge is 0.416 e. The number of hydrazone groups is 1. The Labute approximate surface area is 188 Å². The van der Waals surface area contributed by atoms with Crippen molar-refractivity contribution in [2.24, 2.45) is 5.10 Å². The predicted octanol–water partition coefficient (Wildman–Crippen LogP) is 2.13. The van der Waals surface area contributed by atoms with Gasteiger partial charge in [0.05, 0.1) is 23.8 Å². The number of aromatic nitrogens is 4. The summed E-state index contributed by atoms with van der Waals surface area (Å²) in [5.74, 6) is -0.914. The Bertz CT molecular complexity index is 1240. The highest BCUT2D eigenvalue weighted by atomic mass is 19.4. The Kier molecular flexibility index (Phi) is 6.89. The van der Waals surface area contributed by atoms with E-state index in [9.17, 15) is 28.1 Å². The molecule has 0 aliphatic heterocycles. The molecule has 2 aromatic carbocycles. The lowest BCUT2D eigenvalue weighted by Gasteiger charge is -2.12. The van der Waals surface area contributed by atoms with Gasteiger partial charge < -0.3 is 15.2 Å². The first-order valence-corrected chi connectivity index (χ1v) is 9.13. The van der Waals surface area contributed by atoms with E-state index in [1.165, 1.54) is 31.5 Å².